The molecule has 102 valence electrons. The summed E-state index contributed by atoms with van der Waals surface area (Å²) in [6, 6.07) is 5.80. The zero-order valence-corrected chi connectivity index (χ0v) is 11.8. The van der Waals surface area contributed by atoms with E-state index in [0.29, 0.717) is 18.4 Å². The van der Waals surface area contributed by atoms with Gasteiger partial charge in [-0.3, -0.25) is 9.78 Å². The van der Waals surface area contributed by atoms with Crippen molar-refractivity contribution in [2.24, 2.45) is 5.41 Å². The quantitative estimate of drug-likeness (QED) is 0.839. The molecule has 4 nitrogen and oxygen atoms in total. The zero-order valence-electron chi connectivity index (χ0n) is 11.8. The van der Waals surface area contributed by atoms with Crippen LogP contribution in [0.25, 0.3) is 0 Å². The van der Waals surface area contributed by atoms with Crippen LogP contribution in [-0.2, 0) is 12.8 Å². The van der Waals surface area contributed by atoms with E-state index in [9.17, 15) is 4.79 Å². The van der Waals surface area contributed by atoms with Gasteiger partial charge in [-0.05, 0) is 24.0 Å². The Morgan fingerprint density at radius 3 is 2.80 bits per heavy atom. The molecule has 2 aromatic rings. The molecule has 0 spiro atoms. The maximum Gasteiger partial charge on any atom is 0.166 e. The number of hydrogen-bond acceptors (Lipinski definition) is 4. The number of fused-ring (bicyclic) bond motifs is 1. The molecule has 2 aromatic heterocycles. The number of hydrogen-bond donors (Lipinski definition) is 0. The van der Waals surface area contributed by atoms with E-state index in [1.54, 1.807) is 12.4 Å². The average Bonchev–Trinajstić information content (AvgIpc) is 2.38. The van der Waals surface area contributed by atoms with E-state index in [-0.39, 0.29) is 11.2 Å². The molecule has 0 aromatic carbocycles. The van der Waals surface area contributed by atoms with Gasteiger partial charge in [-0.2, -0.15) is 0 Å². The summed E-state index contributed by atoms with van der Waals surface area (Å²) in [5.74, 6) is 0.883. The zero-order chi connectivity index (χ0) is 14.2. The fourth-order valence-corrected chi connectivity index (χ4v) is 2.62. The van der Waals surface area contributed by atoms with Crippen molar-refractivity contribution in [3.8, 4) is 0 Å². The maximum atomic E-state index is 12.1. The van der Waals surface area contributed by atoms with Gasteiger partial charge in [0.1, 0.15) is 5.82 Å². The highest BCUT2D eigenvalue weighted by molar-refractivity contribution is 5.98. The van der Waals surface area contributed by atoms with Crippen molar-refractivity contribution >= 4 is 5.78 Å². The molecule has 3 rings (SSSR count). The lowest BCUT2D eigenvalue weighted by Crippen LogP contribution is -2.28. The van der Waals surface area contributed by atoms with Crippen LogP contribution in [0.4, 0.5) is 0 Å². The van der Waals surface area contributed by atoms with Crippen LogP contribution in [0.3, 0.4) is 0 Å². The van der Waals surface area contributed by atoms with Crippen LogP contribution in [0, 0.1) is 5.41 Å². The molecule has 1 aliphatic carbocycles. The van der Waals surface area contributed by atoms with Crippen LogP contribution in [0.15, 0.2) is 30.6 Å². The van der Waals surface area contributed by atoms with Gasteiger partial charge < -0.3 is 0 Å². The van der Waals surface area contributed by atoms with Crippen molar-refractivity contribution in [3.63, 3.8) is 0 Å². The molecule has 0 N–H and O–H groups in total. The van der Waals surface area contributed by atoms with Crippen molar-refractivity contribution in [2.75, 3.05) is 0 Å². The topological polar surface area (TPSA) is 55.7 Å². The van der Waals surface area contributed by atoms with Crippen LogP contribution < -0.4 is 0 Å². The SMILES string of the molecule is CC1(C)CC(=O)c2cnc(Cc3ccccn3)nc2C1. The highest BCUT2D eigenvalue weighted by Crippen LogP contribution is 2.33. The van der Waals surface area contributed by atoms with E-state index in [4.69, 9.17) is 0 Å². The Labute approximate surface area is 118 Å². The Morgan fingerprint density at radius 1 is 1.20 bits per heavy atom. The lowest BCUT2D eigenvalue weighted by molar-refractivity contribution is 0.0909. The van der Waals surface area contributed by atoms with Gasteiger partial charge in [0.2, 0.25) is 0 Å². The second-order valence-electron chi connectivity index (χ2n) is 6.09. The second-order valence-corrected chi connectivity index (χ2v) is 6.09. The van der Waals surface area contributed by atoms with Crippen molar-refractivity contribution in [1.29, 1.82) is 0 Å². The predicted octanol–water partition coefficient (Wildman–Crippen LogP) is 2.62. The summed E-state index contributed by atoms with van der Waals surface area (Å²) < 4.78 is 0. The summed E-state index contributed by atoms with van der Waals surface area (Å²) >= 11 is 0. The van der Waals surface area contributed by atoms with E-state index >= 15 is 0 Å². The van der Waals surface area contributed by atoms with Gasteiger partial charge in [0.15, 0.2) is 5.78 Å². The van der Waals surface area contributed by atoms with Crippen LogP contribution in [0.5, 0.6) is 0 Å². The lowest BCUT2D eigenvalue weighted by atomic mass is 9.76. The molecule has 0 unspecified atom stereocenters. The molecule has 0 radical (unpaired) electrons. The summed E-state index contributed by atoms with van der Waals surface area (Å²) in [5.41, 5.74) is 2.50. The Morgan fingerprint density at radius 2 is 2.05 bits per heavy atom. The Balaban J connectivity index is 1.91. The second kappa shape index (κ2) is 4.78. The monoisotopic (exact) mass is 267 g/mol. The van der Waals surface area contributed by atoms with E-state index < -0.39 is 0 Å². The standard InChI is InChI=1S/C16H17N3O/c1-16(2)8-13-12(14(20)9-16)10-18-15(19-13)7-11-5-3-4-6-17-11/h3-6,10H,7-9H2,1-2H3. The minimum absolute atomic E-state index is 0.0132. The van der Waals surface area contributed by atoms with Gasteiger partial charge >= 0.3 is 0 Å². The molecule has 20 heavy (non-hydrogen) atoms. The summed E-state index contributed by atoms with van der Waals surface area (Å²) in [4.78, 5) is 25.3. The van der Waals surface area contributed by atoms with Gasteiger partial charge in [0, 0.05) is 24.5 Å². The van der Waals surface area contributed by atoms with Crippen LogP contribution >= 0.6 is 0 Å². The lowest BCUT2D eigenvalue weighted by Gasteiger charge is -2.29. The third-order valence-corrected chi connectivity index (χ3v) is 3.57. The third-order valence-electron chi connectivity index (χ3n) is 3.57. The molecule has 0 bridgehead atoms. The molecule has 4 heteroatoms. The van der Waals surface area contributed by atoms with E-state index in [0.717, 1.165) is 23.6 Å². The molecule has 0 saturated carbocycles. The highest BCUT2D eigenvalue weighted by atomic mass is 16.1. The molecule has 0 fully saturated rings. The summed E-state index contributed by atoms with van der Waals surface area (Å²) in [6.45, 7) is 4.21. The normalized spacial score (nSPS) is 16.8. The van der Waals surface area contributed by atoms with Crippen molar-refractivity contribution in [2.45, 2.75) is 33.1 Å². The molecular formula is C16H17N3O. The number of nitrogens with zero attached hydrogens (tertiary/aromatic N) is 3. The minimum atomic E-state index is -0.0132. The third kappa shape index (κ3) is 2.59. The Hall–Kier alpha value is -2.10. The first kappa shape index (κ1) is 12.9. The smallest absolute Gasteiger partial charge is 0.166 e. The van der Waals surface area contributed by atoms with Gasteiger partial charge in [-0.1, -0.05) is 19.9 Å². The number of aromatic nitrogens is 3. The first-order valence-corrected chi connectivity index (χ1v) is 6.81. The number of carbonyl (C=O) groups is 1. The van der Waals surface area contributed by atoms with Crippen molar-refractivity contribution in [1.82, 2.24) is 15.0 Å². The summed E-state index contributed by atoms with van der Waals surface area (Å²) in [5, 5.41) is 0. The molecular weight excluding hydrogens is 250 g/mol. The van der Waals surface area contributed by atoms with Crippen LogP contribution in [0.2, 0.25) is 0 Å². The van der Waals surface area contributed by atoms with E-state index in [1.165, 1.54) is 0 Å². The molecule has 0 saturated heterocycles. The summed E-state index contributed by atoms with van der Waals surface area (Å²) in [7, 11) is 0. The molecule has 2 heterocycles. The van der Waals surface area contributed by atoms with Gasteiger partial charge in [0.25, 0.3) is 0 Å². The van der Waals surface area contributed by atoms with Gasteiger partial charge in [0.05, 0.1) is 17.7 Å². The fraction of sp³-hybridized carbons (Fsp3) is 0.375. The van der Waals surface area contributed by atoms with E-state index in [1.807, 2.05) is 18.2 Å². The highest BCUT2D eigenvalue weighted by Gasteiger charge is 2.32. The first-order chi connectivity index (χ1) is 9.53. The number of pyridine rings is 1. The van der Waals surface area contributed by atoms with Crippen molar-refractivity contribution < 1.29 is 4.79 Å². The van der Waals surface area contributed by atoms with E-state index in [2.05, 4.69) is 28.8 Å². The Bertz CT molecular complexity index is 650. The van der Waals surface area contributed by atoms with Crippen LogP contribution in [0.1, 0.15) is 47.8 Å². The van der Waals surface area contributed by atoms with Gasteiger partial charge in [-0.25, -0.2) is 9.97 Å². The molecule has 0 aliphatic heterocycles. The number of ketones is 1. The average molecular weight is 267 g/mol. The number of Topliss-reactive ketones (excluding diaryl/α,β-unsaturated/α-hetero) is 1. The Kier molecular flexibility index (Phi) is 3.08. The first-order valence-electron chi connectivity index (χ1n) is 6.81. The summed E-state index contributed by atoms with van der Waals surface area (Å²) in [6.07, 6.45) is 5.44. The number of carbonyl (C=O) groups excluding carboxylic acids is 1. The fourth-order valence-electron chi connectivity index (χ4n) is 2.62. The molecule has 0 amide bonds. The molecule has 0 atom stereocenters. The minimum Gasteiger partial charge on any atom is -0.294 e. The van der Waals surface area contributed by atoms with Gasteiger partial charge in [-0.15, -0.1) is 0 Å². The largest absolute Gasteiger partial charge is 0.294 e. The maximum absolute atomic E-state index is 12.1. The predicted molar refractivity (Wildman–Crippen MR) is 75.5 cm³/mol. The molecule has 1 aliphatic rings. The van der Waals surface area contributed by atoms with Crippen LogP contribution in [-0.4, -0.2) is 20.7 Å². The van der Waals surface area contributed by atoms with Crippen molar-refractivity contribution in [3.05, 3.63) is 53.4 Å². The number of rotatable bonds is 2.